The lowest BCUT2D eigenvalue weighted by Gasteiger charge is -1.48. The predicted octanol–water partition coefficient (Wildman–Crippen LogP) is 0.228. The Morgan fingerprint density at radius 3 is 1.20 bits per heavy atom. The van der Waals surface area contributed by atoms with E-state index in [1.807, 2.05) is 0 Å². The predicted molar refractivity (Wildman–Crippen MR) is 33.9 cm³/mol. The molecule has 0 spiro atoms. The van der Waals surface area contributed by atoms with Crippen molar-refractivity contribution < 1.29 is 0 Å². The van der Waals surface area contributed by atoms with Crippen LogP contribution in [-0.4, -0.2) is 0 Å². The van der Waals surface area contributed by atoms with Gasteiger partial charge in [0.05, 0.1) is 0 Å². The fourth-order valence-corrected chi connectivity index (χ4v) is 0. The van der Waals surface area contributed by atoms with Crippen LogP contribution in [0.15, 0.2) is 0 Å². The molecule has 0 aromatic heterocycles. The van der Waals surface area contributed by atoms with Crippen molar-refractivity contribution in [1.29, 1.82) is 0 Å². The largest absolute Gasteiger partial charge is 0.274 e. The molecule has 34 valence electrons. The lowest BCUT2D eigenvalue weighted by atomic mass is 13.0. The van der Waals surface area contributed by atoms with Gasteiger partial charge in [0.2, 0.25) is 0 Å². The minimum atomic E-state index is 1.14. The highest BCUT2D eigenvalue weighted by atomic mass is 33.5. The van der Waals surface area contributed by atoms with Crippen LogP contribution in [0, 0.1) is 0 Å². The number of hydrogen-bond donors (Lipinski definition) is 4. The third-order valence-corrected chi connectivity index (χ3v) is 0. The summed E-state index contributed by atoms with van der Waals surface area (Å²) in [5, 5.41) is 0. The normalized spacial score (nSPS) is 4.80. The van der Waals surface area contributed by atoms with Crippen molar-refractivity contribution in [2.24, 2.45) is 11.7 Å². The first kappa shape index (κ1) is 9.36. The van der Waals surface area contributed by atoms with Gasteiger partial charge in [-0.15, -0.1) is 0 Å². The molecule has 2 nitrogen and oxygen atoms in total. The number of hydrazine groups is 1. The van der Waals surface area contributed by atoms with Crippen LogP contribution in [0.5, 0.6) is 0 Å². The highest BCUT2D eigenvalue weighted by Gasteiger charge is 1.35. The van der Waals surface area contributed by atoms with Gasteiger partial charge >= 0.3 is 0 Å². The highest BCUT2D eigenvalue weighted by Crippen LogP contribution is 2.06. The summed E-state index contributed by atoms with van der Waals surface area (Å²) in [7, 11) is 1.14. The molecular weight excluding hydrogens is 124 g/mol. The van der Waals surface area contributed by atoms with E-state index < -0.39 is 0 Å². The lowest BCUT2D eigenvalue weighted by molar-refractivity contribution is 1.26. The zero-order valence-corrected chi connectivity index (χ0v) is 5.06. The molecule has 0 atom stereocenters. The van der Waals surface area contributed by atoms with Crippen molar-refractivity contribution in [1.82, 2.24) is 0 Å². The molecule has 4 N–H and O–H groups in total. The van der Waals surface area contributed by atoms with E-state index >= 15 is 0 Å². The monoisotopic (exact) mass is 130 g/mol. The molecule has 0 radical (unpaired) electrons. The average Bonchev–Trinajstić information content (AvgIpc) is 1.46. The Hall–Kier alpha value is 0.970. The number of rotatable bonds is 0. The first-order valence-electron chi connectivity index (χ1n) is 0.698. The van der Waals surface area contributed by atoms with Crippen molar-refractivity contribution in [3.05, 3.63) is 0 Å². The molecule has 0 aliphatic carbocycles. The fraction of sp³-hybridized carbons (Fsp3) is 0. The van der Waals surface area contributed by atoms with Gasteiger partial charge in [-0.2, -0.15) is 0 Å². The molecule has 0 aliphatic heterocycles. The van der Waals surface area contributed by atoms with Crippen LogP contribution in [0.3, 0.4) is 0 Å². The molecule has 5 heteroatoms. The van der Waals surface area contributed by atoms with E-state index in [1.54, 1.807) is 0 Å². The van der Waals surface area contributed by atoms with Gasteiger partial charge in [0, 0.05) is 0 Å². The quantitative estimate of drug-likeness (QED) is 0.164. The molecule has 0 fully saturated rings. The summed E-state index contributed by atoms with van der Waals surface area (Å²) in [5.41, 5.74) is 0. The summed E-state index contributed by atoms with van der Waals surface area (Å²) < 4.78 is 0. The van der Waals surface area contributed by atoms with Crippen molar-refractivity contribution >= 4 is 33.1 Å². The molecule has 0 unspecified atom stereocenters. The lowest BCUT2D eigenvalue weighted by Crippen LogP contribution is -2.02. The maximum Gasteiger partial charge on any atom is -0.0317 e. The zero-order chi connectivity index (χ0) is 4.71. The second-order valence-corrected chi connectivity index (χ2v) is 2.20. The average molecular weight is 130 g/mol. The molecule has 0 rings (SSSR count). The Morgan fingerprint density at radius 2 is 1.20 bits per heavy atom. The van der Waals surface area contributed by atoms with Crippen molar-refractivity contribution in [3.8, 4) is 0 Å². The first-order valence-corrected chi connectivity index (χ1v) is 3.62. The van der Waals surface area contributed by atoms with Gasteiger partial charge < -0.3 is 0 Å². The molecule has 5 heavy (non-hydrogen) atoms. The smallest absolute Gasteiger partial charge is 0.0317 e. The van der Waals surface area contributed by atoms with E-state index in [0.29, 0.717) is 0 Å². The van der Waals surface area contributed by atoms with Crippen LogP contribution in [0.1, 0.15) is 0 Å². The third-order valence-electron chi connectivity index (χ3n) is 0. The van der Waals surface area contributed by atoms with Crippen molar-refractivity contribution in [2.45, 2.75) is 0 Å². The van der Waals surface area contributed by atoms with Gasteiger partial charge in [0.15, 0.2) is 0 Å². The number of nitrogens with two attached hydrogens (primary N) is 2. The van der Waals surface area contributed by atoms with Crippen LogP contribution in [0.4, 0.5) is 0 Å². The van der Waals surface area contributed by atoms with Gasteiger partial charge in [-0.05, 0) is 9.83 Å². The summed E-state index contributed by atoms with van der Waals surface area (Å²) in [6.45, 7) is 0. The summed E-state index contributed by atoms with van der Waals surface area (Å²) in [4.78, 5) is 0. The topological polar surface area (TPSA) is 52.0 Å². The fourth-order valence-electron chi connectivity index (χ4n) is 0. The molecule has 0 aromatic rings. The standard InChI is InChI=1S/H4N2.H2S3/c1-2;1-3-2/h1-2H2;1-2H. The Bertz CT molecular complexity index is 4.85. The zero-order valence-electron chi connectivity index (χ0n) is 2.46. The maximum absolute atomic E-state index is 4.00. The van der Waals surface area contributed by atoms with Crippen LogP contribution in [0.2, 0.25) is 0 Å². The number of hydrogen-bond acceptors (Lipinski definition) is 5. The van der Waals surface area contributed by atoms with Gasteiger partial charge in [0.25, 0.3) is 0 Å². The summed E-state index contributed by atoms with van der Waals surface area (Å²) >= 11 is 7.14. The Kier molecular flexibility index (Phi) is 37.8. The van der Waals surface area contributed by atoms with E-state index in [2.05, 4.69) is 35.0 Å². The second-order valence-electron chi connectivity index (χ2n) is 0.0816. The van der Waals surface area contributed by atoms with Crippen LogP contribution in [-0.2, 0) is 0 Å². The third kappa shape index (κ3) is 46.6. The van der Waals surface area contributed by atoms with Gasteiger partial charge in [-0.1, -0.05) is 23.3 Å². The van der Waals surface area contributed by atoms with E-state index in [-0.39, 0.29) is 0 Å². The van der Waals surface area contributed by atoms with Crippen LogP contribution < -0.4 is 11.7 Å². The number of thiol groups is 2. The van der Waals surface area contributed by atoms with Crippen LogP contribution >= 0.6 is 33.1 Å². The van der Waals surface area contributed by atoms with E-state index in [0.717, 1.165) is 9.83 Å². The van der Waals surface area contributed by atoms with E-state index in [1.165, 1.54) is 0 Å². The maximum atomic E-state index is 4.00. The second kappa shape index (κ2) is 20.2. The Morgan fingerprint density at radius 1 is 1.20 bits per heavy atom. The molecule has 0 bridgehead atoms. The molecule has 0 aromatic carbocycles. The van der Waals surface area contributed by atoms with Crippen molar-refractivity contribution in [2.75, 3.05) is 0 Å². The van der Waals surface area contributed by atoms with Gasteiger partial charge in [-0.25, -0.2) is 0 Å². The first-order chi connectivity index (χ1) is 2.41. The molecule has 0 saturated heterocycles. The molecule has 0 saturated carbocycles. The van der Waals surface area contributed by atoms with Gasteiger partial charge in [-0.3, -0.25) is 11.7 Å². The molecule has 0 amide bonds. The Balaban J connectivity index is 0. The summed E-state index contributed by atoms with van der Waals surface area (Å²) in [5.74, 6) is 8.00. The van der Waals surface area contributed by atoms with Crippen LogP contribution in [0.25, 0.3) is 0 Å². The van der Waals surface area contributed by atoms with E-state index in [4.69, 9.17) is 0 Å². The van der Waals surface area contributed by atoms with Crippen molar-refractivity contribution in [3.63, 3.8) is 0 Å². The molecular formula is H6N2S3. The summed E-state index contributed by atoms with van der Waals surface area (Å²) in [6.07, 6.45) is 0. The molecule has 0 aliphatic rings. The van der Waals surface area contributed by atoms with E-state index in [9.17, 15) is 0 Å². The minimum Gasteiger partial charge on any atom is -0.274 e. The van der Waals surface area contributed by atoms with Gasteiger partial charge in [0.1, 0.15) is 0 Å². The molecule has 0 heterocycles. The highest BCUT2D eigenvalue weighted by molar-refractivity contribution is 9.01. The summed E-state index contributed by atoms with van der Waals surface area (Å²) in [6, 6.07) is 0. The SMILES string of the molecule is NN.SSS. The Labute approximate surface area is 45.3 Å². The minimum absolute atomic E-state index is 1.14.